The number of amides is 2. The quantitative estimate of drug-likeness (QED) is 0.146. The summed E-state index contributed by atoms with van der Waals surface area (Å²) in [5.41, 5.74) is 0.835. The van der Waals surface area contributed by atoms with Crippen LogP contribution in [0.5, 0.6) is 5.75 Å². The maximum Gasteiger partial charge on any atom is 0.311 e. The minimum Gasteiger partial charge on any atom is -0.462 e. The molecule has 3 N–H and O–H groups in total. The van der Waals surface area contributed by atoms with Crippen LogP contribution >= 0.6 is 0 Å². The minimum absolute atomic E-state index is 0.0481. The number of ether oxygens (including phenoxy) is 3. The molecule has 0 spiro atoms. The van der Waals surface area contributed by atoms with Gasteiger partial charge in [0.15, 0.2) is 0 Å². The summed E-state index contributed by atoms with van der Waals surface area (Å²) in [6, 6.07) is 5.49. The monoisotopic (exact) mass is 603 g/mol. The number of hydrogen-bond donors (Lipinski definition) is 3. The minimum atomic E-state index is -1.47. The predicted molar refractivity (Wildman–Crippen MR) is 156 cm³/mol. The van der Waals surface area contributed by atoms with Gasteiger partial charge in [-0.1, -0.05) is 25.0 Å². The highest BCUT2D eigenvalue weighted by atomic mass is 16.7. The molecule has 1 aromatic carbocycles. The van der Waals surface area contributed by atoms with Gasteiger partial charge in [0.1, 0.15) is 36.5 Å². The largest absolute Gasteiger partial charge is 0.462 e. The standard InChI is InChI=1S/C32H45NO10/c1-32(2,3)31(40)42-19-22-14-13-21(18-25(22)43-30-29(39)28(38)24(35)20-41-30)10-6-4-7-11-23(34)12-8-5-9-17-33-26(36)15-16-27(33)37/h13-16,18,24,28-30,35,38-39H,4-12,17,19-20H2,1-3H3/t24-,28+,29-,30+/m0/s1. The lowest BCUT2D eigenvalue weighted by molar-refractivity contribution is -0.242. The number of aliphatic hydroxyl groups is 3. The number of aliphatic hydroxyl groups excluding tert-OH is 3. The number of hydrogen-bond acceptors (Lipinski definition) is 10. The van der Waals surface area contributed by atoms with Crippen molar-refractivity contribution in [2.75, 3.05) is 13.2 Å². The van der Waals surface area contributed by atoms with Crippen LogP contribution in [-0.4, -0.2) is 81.5 Å². The Morgan fingerprint density at radius 3 is 2.23 bits per heavy atom. The summed E-state index contributed by atoms with van der Waals surface area (Å²) in [5.74, 6) is -0.382. The Hall–Kier alpha value is -3.12. The highest BCUT2D eigenvalue weighted by molar-refractivity contribution is 6.12. The Balaban J connectivity index is 1.43. The van der Waals surface area contributed by atoms with Gasteiger partial charge >= 0.3 is 5.97 Å². The van der Waals surface area contributed by atoms with Crippen LogP contribution in [0.2, 0.25) is 0 Å². The van der Waals surface area contributed by atoms with Gasteiger partial charge in [0.2, 0.25) is 6.29 Å². The molecule has 11 heteroatoms. The fourth-order valence-corrected chi connectivity index (χ4v) is 4.72. The number of imide groups is 1. The SMILES string of the molecule is CC(C)(C)C(=O)OCc1ccc(CCCCCC(=O)CCCCCN2C(=O)C=CC2=O)cc1O[C@H]1OC[C@H](O)[C@@H](O)[C@@H]1O. The van der Waals surface area contributed by atoms with E-state index in [0.29, 0.717) is 43.5 Å². The lowest BCUT2D eigenvalue weighted by Crippen LogP contribution is -2.54. The molecule has 2 aliphatic heterocycles. The van der Waals surface area contributed by atoms with Crippen molar-refractivity contribution in [1.82, 2.24) is 4.90 Å². The molecule has 0 saturated carbocycles. The number of rotatable bonds is 16. The van der Waals surface area contributed by atoms with Crippen LogP contribution in [0, 0.1) is 5.41 Å². The molecule has 43 heavy (non-hydrogen) atoms. The molecule has 3 rings (SSSR count). The normalized spacial score (nSPS) is 22.2. The lowest BCUT2D eigenvalue weighted by atomic mass is 9.97. The third-order valence-electron chi connectivity index (χ3n) is 7.46. The van der Waals surface area contributed by atoms with Crippen molar-refractivity contribution >= 4 is 23.6 Å². The number of esters is 1. The van der Waals surface area contributed by atoms with Gasteiger partial charge in [-0.3, -0.25) is 24.1 Å². The first kappa shape index (κ1) is 34.4. The Morgan fingerprint density at radius 1 is 0.930 bits per heavy atom. The van der Waals surface area contributed by atoms with E-state index in [9.17, 15) is 34.5 Å². The molecule has 11 nitrogen and oxygen atoms in total. The molecule has 0 radical (unpaired) electrons. The summed E-state index contributed by atoms with van der Waals surface area (Å²) < 4.78 is 16.8. The van der Waals surface area contributed by atoms with Crippen molar-refractivity contribution in [2.24, 2.45) is 5.41 Å². The van der Waals surface area contributed by atoms with Crippen LogP contribution < -0.4 is 4.74 Å². The maximum absolute atomic E-state index is 12.3. The molecule has 4 atom stereocenters. The molecule has 238 valence electrons. The van der Waals surface area contributed by atoms with Gasteiger partial charge in [0.05, 0.1) is 12.0 Å². The summed E-state index contributed by atoms with van der Waals surface area (Å²) in [7, 11) is 0. The molecule has 1 aromatic rings. The van der Waals surface area contributed by atoms with E-state index in [2.05, 4.69) is 0 Å². The number of nitrogens with zero attached hydrogens (tertiary/aromatic N) is 1. The van der Waals surface area contributed by atoms with Gasteiger partial charge in [0, 0.05) is 37.1 Å². The van der Waals surface area contributed by atoms with E-state index in [1.165, 1.54) is 17.1 Å². The molecule has 2 heterocycles. The number of carbonyl (C=O) groups excluding carboxylic acids is 4. The summed E-state index contributed by atoms with van der Waals surface area (Å²) in [6.07, 6.45) is 3.60. The zero-order valence-corrected chi connectivity index (χ0v) is 25.3. The molecule has 1 fully saturated rings. The van der Waals surface area contributed by atoms with Gasteiger partial charge in [-0.2, -0.15) is 0 Å². The molecule has 0 aromatic heterocycles. The average Bonchev–Trinajstić information content (AvgIpc) is 3.28. The van der Waals surface area contributed by atoms with E-state index in [1.807, 2.05) is 6.07 Å². The number of aryl methyl sites for hydroxylation is 1. The molecular formula is C32H45NO10. The van der Waals surface area contributed by atoms with Gasteiger partial charge in [-0.05, 0) is 64.5 Å². The van der Waals surface area contributed by atoms with Gasteiger partial charge in [0.25, 0.3) is 11.8 Å². The van der Waals surface area contributed by atoms with Crippen LogP contribution in [-0.2, 0) is 41.7 Å². The van der Waals surface area contributed by atoms with E-state index in [0.717, 1.165) is 37.7 Å². The molecule has 0 bridgehead atoms. The number of carbonyl (C=O) groups is 4. The first-order valence-electron chi connectivity index (χ1n) is 15.0. The van der Waals surface area contributed by atoms with Gasteiger partial charge < -0.3 is 29.5 Å². The molecule has 1 saturated heterocycles. The fourth-order valence-electron chi connectivity index (χ4n) is 4.72. The van der Waals surface area contributed by atoms with Crippen LogP contribution in [0.15, 0.2) is 30.4 Å². The van der Waals surface area contributed by atoms with Crippen molar-refractivity contribution in [3.63, 3.8) is 0 Å². The molecule has 0 aliphatic carbocycles. The first-order valence-corrected chi connectivity index (χ1v) is 15.0. The number of Topliss-reactive ketones (excluding diaryl/α,β-unsaturated/α-hetero) is 1. The molecule has 2 aliphatic rings. The maximum atomic E-state index is 12.3. The zero-order valence-electron chi connectivity index (χ0n) is 25.3. The number of benzene rings is 1. The van der Waals surface area contributed by atoms with Crippen LogP contribution in [0.1, 0.15) is 83.3 Å². The van der Waals surface area contributed by atoms with Crippen LogP contribution in [0.25, 0.3) is 0 Å². The van der Waals surface area contributed by atoms with Crippen molar-refractivity contribution < 1.29 is 48.7 Å². The van der Waals surface area contributed by atoms with E-state index in [1.54, 1.807) is 32.9 Å². The third-order valence-corrected chi connectivity index (χ3v) is 7.46. The Labute approximate surface area is 252 Å². The predicted octanol–water partition coefficient (Wildman–Crippen LogP) is 2.75. The van der Waals surface area contributed by atoms with Crippen molar-refractivity contribution in [3.05, 3.63) is 41.5 Å². The van der Waals surface area contributed by atoms with E-state index >= 15 is 0 Å². The summed E-state index contributed by atoms with van der Waals surface area (Å²) in [5, 5.41) is 30.1. The Kier molecular flexibility index (Phi) is 12.9. The average molecular weight is 604 g/mol. The molecule has 2 amide bonds. The smallest absolute Gasteiger partial charge is 0.311 e. The lowest BCUT2D eigenvalue weighted by Gasteiger charge is -2.35. The second kappa shape index (κ2) is 16.1. The highest BCUT2D eigenvalue weighted by Gasteiger charge is 2.39. The summed E-state index contributed by atoms with van der Waals surface area (Å²) in [4.78, 5) is 48.9. The topological polar surface area (TPSA) is 160 Å². The highest BCUT2D eigenvalue weighted by Crippen LogP contribution is 2.28. The van der Waals surface area contributed by atoms with Crippen LogP contribution in [0.3, 0.4) is 0 Å². The number of ketones is 1. The fraction of sp³-hybridized carbons (Fsp3) is 0.625. The van der Waals surface area contributed by atoms with Gasteiger partial charge in [-0.15, -0.1) is 0 Å². The first-order chi connectivity index (χ1) is 20.4. The Bertz CT molecular complexity index is 1140. The van der Waals surface area contributed by atoms with E-state index in [-0.39, 0.29) is 36.8 Å². The molecule has 0 unspecified atom stereocenters. The summed E-state index contributed by atoms with van der Waals surface area (Å²) >= 11 is 0. The van der Waals surface area contributed by atoms with E-state index in [4.69, 9.17) is 14.2 Å². The molecular weight excluding hydrogens is 558 g/mol. The number of unbranched alkanes of at least 4 members (excludes halogenated alkanes) is 4. The Morgan fingerprint density at radius 2 is 1.58 bits per heavy atom. The second-order valence-electron chi connectivity index (χ2n) is 12.2. The van der Waals surface area contributed by atoms with Crippen LogP contribution in [0.4, 0.5) is 0 Å². The second-order valence-corrected chi connectivity index (χ2v) is 12.2. The summed E-state index contributed by atoms with van der Waals surface area (Å²) in [6.45, 7) is 5.40. The van der Waals surface area contributed by atoms with Gasteiger partial charge in [-0.25, -0.2) is 0 Å². The third kappa shape index (κ3) is 10.5. The van der Waals surface area contributed by atoms with Crippen molar-refractivity contribution in [1.29, 1.82) is 0 Å². The van der Waals surface area contributed by atoms with Crippen molar-refractivity contribution in [3.8, 4) is 5.75 Å². The zero-order chi connectivity index (χ0) is 31.6. The van der Waals surface area contributed by atoms with Crippen molar-refractivity contribution in [2.45, 2.75) is 110 Å². The van der Waals surface area contributed by atoms with E-state index < -0.39 is 30.0 Å².